The van der Waals surface area contributed by atoms with E-state index in [0.29, 0.717) is 48.2 Å². The van der Waals surface area contributed by atoms with Gasteiger partial charge in [0.25, 0.3) is 5.56 Å². The van der Waals surface area contributed by atoms with Crippen LogP contribution in [0.25, 0.3) is 21.3 Å². The van der Waals surface area contributed by atoms with Crippen LogP contribution < -0.4 is 15.6 Å². The van der Waals surface area contributed by atoms with E-state index in [2.05, 4.69) is 40.4 Å². The normalized spacial score (nSPS) is 15.8. The first kappa shape index (κ1) is 30.5. The molecule has 5 rings (SSSR count). The molecule has 3 aromatic heterocycles. The quantitative estimate of drug-likeness (QED) is 0.258. The second-order valence-corrected chi connectivity index (χ2v) is 13.0. The lowest BCUT2D eigenvalue weighted by Crippen LogP contribution is -2.33. The van der Waals surface area contributed by atoms with Gasteiger partial charge >= 0.3 is 6.09 Å². The van der Waals surface area contributed by atoms with Crippen LogP contribution in [0.3, 0.4) is 0 Å². The van der Waals surface area contributed by atoms with E-state index in [0.717, 1.165) is 27.3 Å². The van der Waals surface area contributed by atoms with E-state index in [9.17, 15) is 9.59 Å². The molecule has 0 aliphatic carbocycles. The van der Waals surface area contributed by atoms with Crippen LogP contribution in [0, 0.1) is 6.92 Å². The second-order valence-electron chi connectivity index (χ2n) is 11.9. The Morgan fingerprint density at radius 2 is 2.00 bits per heavy atom. The van der Waals surface area contributed by atoms with Gasteiger partial charge in [-0.2, -0.15) is 0 Å². The lowest BCUT2D eigenvalue weighted by molar-refractivity contribution is 0.0285. The van der Waals surface area contributed by atoms with Crippen molar-refractivity contribution in [2.45, 2.75) is 65.3 Å². The summed E-state index contributed by atoms with van der Waals surface area (Å²) in [4.78, 5) is 38.8. The Balaban J connectivity index is 1.39. The van der Waals surface area contributed by atoms with Crippen molar-refractivity contribution >= 4 is 34.2 Å². The Bertz CT molecular complexity index is 1690. The molecule has 1 aromatic carbocycles. The molecule has 0 radical (unpaired) electrons. The fourth-order valence-electron chi connectivity index (χ4n) is 4.92. The van der Waals surface area contributed by atoms with E-state index in [1.54, 1.807) is 37.3 Å². The SMILES string of the molecule is Cc1nc(N[C@H](C)c2ccc(-c3ccccc3CN(C)C(=O)OC(C)(C)C)s2)c2cc(O[C@H]3CCOC3)n(C)c(=O)c2n1. The number of hydrogen-bond donors (Lipinski definition) is 1. The maximum Gasteiger partial charge on any atom is 0.410 e. The van der Waals surface area contributed by atoms with E-state index < -0.39 is 5.60 Å². The molecule has 0 spiro atoms. The monoisotopic (exact) mass is 605 g/mol. The molecular weight excluding hydrogens is 566 g/mol. The summed E-state index contributed by atoms with van der Waals surface area (Å²) in [5.41, 5.74) is 1.63. The summed E-state index contributed by atoms with van der Waals surface area (Å²) in [6.45, 7) is 11.0. The predicted octanol–water partition coefficient (Wildman–Crippen LogP) is 6.07. The number of nitrogens with zero attached hydrogens (tertiary/aromatic N) is 4. The molecule has 228 valence electrons. The molecule has 4 heterocycles. The van der Waals surface area contributed by atoms with Crippen LogP contribution in [-0.4, -0.2) is 57.5 Å². The van der Waals surface area contributed by atoms with Crippen LogP contribution in [0.1, 0.15) is 56.4 Å². The van der Waals surface area contributed by atoms with E-state index in [4.69, 9.17) is 14.2 Å². The number of anilines is 1. The molecule has 1 saturated heterocycles. The molecular formula is C32H39N5O5S. The Hall–Kier alpha value is -3.96. The molecule has 0 saturated carbocycles. The lowest BCUT2D eigenvalue weighted by Gasteiger charge is -2.25. The first-order chi connectivity index (χ1) is 20.4. The number of carbonyl (C=O) groups excluding carboxylic acids is 1. The number of hydrogen-bond acceptors (Lipinski definition) is 9. The molecule has 1 aliphatic heterocycles. The van der Waals surface area contributed by atoms with Gasteiger partial charge in [0.1, 0.15) is 28.9 Å². The number of benzene rings is 1. The number of rotatable bonds is 8. The van der Waals surface area contributed by atoms with Crippen LogP contribution in [0.15, 0.2) is 47.3 Å². The summed E-state index contributed by atoms with van der Waals surface area (Å²) >= 11 is 1.67. The van der Waals surface area contributed by atoms with Gasteiger partial charge in [-0.25, -0.2) is 14.8 Å². The van der Waals surface area contributed by atoms with Crippen molar-refractivity contribution in [3.05, 3.63) is 69.1 Å². The number of nitrogens with one attached hydrogen (secondary N) is 1. The number of ether oxygens (including phenoxy) is 3. The Morgan fingerprint density at radius 1 is 1.23 bits per heavy atom. The van der Waals surface area contributed by atoms with Crippen molar-refractivity contribution < 1.29 is 19.0 Å². The van der Waals surface area contributed by atoms with Gasteiger partial charge in [-0.3, -0.25) is 9.36 Å². The fourth-order valence-corrected chi connectivity index (χ4v) is 6.00. The van der Waals surface area contributed by atoms with E-state index in [1.807, 2.05) is 45.0 Å². The minimum Gasteiger partial charge on any atom is -0.473 e. The topological polar surface area (TPSA) is 108 Å². The van der Waals surface area contributed by atoms with E-state index in [-0.39, 0.29) is 23.8 Å². The van der Waals surface area contributed by atoms with E-state index in [1.165, 1.54) is 4.57 Å². The summed E-state index contributed by atoms with van der Waals surface area (Å²) in [5, 5.41) is 4.13. The molecule has 11 heteroatoms. The van der Waals surface area contributed by atoms with Crippen molar-refractivity contribution in [2.75, 3.05) is 25.6 Å². The summed E-state index contributed by atoms with van der Waals surface area (Å²) in [7, 11) is 3.44. The molecule has 2 atom stereocenters. The van der Waals surface area contributed by atoms with Crippen molar-refractivity contribution in [1.82, 2.24) is 19.4 Å². The molecule has 1 fully saturated rings. The van der Waals surface area contributed by atoms with Gasteiger partial charge in [-0.05, 0) is 57.9 Å². The predicted molar refractivity (Wildman–Crippen MR) is 169 cm³/mol. The summed E-state index contributed by atoms with van der Waals surface area (Å²) in [5.74, 6) is 1.55. The van der Waals surface area contributed by atoms with Crippen LogP contribution in [0.2, 0.25) is 0 Å². The van der Waals surface area contributed by atoms with Crippen molar-refractivity contribution in [3.63, 3.8) is 0 Å². The highest BCUT2D eigenvalue weighted by atomic mass is 32.1. The average molecular weight is 606 g/mol. The van der Waals surface area contributed by atoms with Gasteiger partial charge in [0.2, 0.25) is 0 Å². The Labute approximate surface area is 255 Å². The van der Waals surface area contributed by atoms with Crippen LogP contribution >= 0.6 is 11.3 Å². The molecule has 43 heavy (non-hydrogen) atoms. The zero-order valence-corrected chi connectivity index (χ0v) is 26.6. The van der Waals surface area contributed by atoms with E-state index >= 15 is 0 Å². The van der Waals surface area contributed by atoms with Gasteiger partial charge in [0, 0.05) is 42.9 Å². The zero-order valence-electron chi connectivity index (χ0n) is 25.8. The molecule has 1 aliphatic rings. The fraction of sp³-hybridized carbons (Fsp3) is 0.438. The van der Waals surface area contributed by atoms with Gasteiger partial charge in [0.05, 0.1) is 24.6 Å². The van der Waals surface area contributed by atoms with Crippen molar-refractivity contribution in [1.29, 1.82) is 0 Å². The Morgan fingerprint density at radius 3 is 2.72 bits per heavy atom. The minimum absolute atomic E-state index is 0.0962. The number of amides is 1. The number of carbonyl (C=O) groups is 1. The molecule has 0 bridgehead atoms. The molecule has 4 aromatic rings. The number of aryl methyl sites for hydroxylation is 1. The average Bonchev–Trinajstić information content (AvgIpc) is 3.64. The smallest absolute Gasteiger partial charge is 0.410 e. The van der Waals surface area contributed by atoms with Crippen molar-refractivity contribution in [3.8, 4) is 16.3 Å². The number of thiophene rings is 1. The van der Waals surface area contributed by atoms with Crippen LogP contribution in [-0.2, 0) is 23.1 Å². The summed E-state index contributed by atoms with van der Waals surface area (Å²) in [6.07, 6.45) is 0.320. The molecule has 1 N–H and O–H groups in total. The first-order valence-electron chi connectivity index (χ1n) is 14.4. The minimum atomic E-state index is -0.559. The van der Waals surface area contributed by atoms with Crippen LogP contribution in [0.5, 0.6) is 5.88 Å². The summed E-state index contributed by atoms with van der Waals surface area (Å²) < 4.78 is 18.6. The van der Waals surface area contributed by atoms with Gasteiger partial charge < -0.3 is 24.4 Å². The highest BCUT2D eigenvalue weighted by Crippen LogP contribution is 2.36. The van der Waals surface area contributed by atoms with Gasteiger partial charge in [-0.15, -0.1) is 11.3 Å². The second kappa shape index (κ2) is 12.3. The Kier molecular flexibility index (Phi) is 8.75. The third kappa shape index (κ3) is 7.00. The highest BCUT2D eigenvalue weighted by molar-refractivity contribution is 7.15. The van der Waals surface area contributed by atoms with Crippen molar-refractivity contribution in [2.24, 2.45) is 7.05 Å². The first-order valence-corrected chi connectivity index (χ1v) is 15.2. The number of pyridine rings is 1. The third-order valence-corrected chi connectivity index (χ3v) is 8.44. The molecule has 0 unspecified atom stereocenters. The molecule has 1 amide bonds. The number of fused-ring (bicyclic) bond motifs is 1. The maximum atomic E-state index is 13.3. The van der Waals surface area contributed by atoms with Gasteiger partial charge in [-0.1, -0.05) is 24.3 Å². The van der Waals surface area contributed by atoms with Gasteiger partial charge in [0.15, 0.2) is 5.88 Å². The lowest BCUT2D eigenvalue weighted by atomic mass is 10.1. The van der Waals surface area contributed by atoms with Crippen LogP contribution in [0.4, 0.5) is 10.6 Å². The zero-order chi connectivity index (χ0) is 30.9. The maximum absolute atomic E-state index is 13.3. The largest absolute Gasteiger partial charge is 0.473 e. The third-order valence-electron chi connectivity index (χ3n) is 7.14. The standard InChI is InChI=1S/C32H39N5O5S/c1-19(25-12-13-26(43-25)23-11-9-8-10-21(23)17-36(6)31(39)42-32(3,4)5)33-29-24-16-27(41-22-14-15-40-18-22)37(7)30(38)28(24)34-20(2)35-29/h8-13,16,19,22H,14-15,17-18H2,1-7H3,(H,33,34,35)/t19-,22+/m1/s1. The number of aromatic nitrogens is 3. The summed E-state index contributed by atoms with van der Waals surface area (Å²) in [6, 6.07) is 14.0. The molecule has 10 nitrogen and oxygen atoms in total. The highest BCUT2D eigenvalue weighted by Gasteiger charge is 2.23.